The second kappa shape index (κ2) is 9.87. The predicted molar refractivity (Wildman–Crippen MR) is 132 cm³/mol. The van der Waals surface area contributed by atoms with Crippen LogP contribution in [0.2, 0.25) is 5.02 Å². The van der Waals surface area contributed by atoms with Gasteiger partial charge in [0.15, 0.2) is 0 Å². The number of carbonyl (C=O) groups is 2. The van der Waals surface area contributed by atoms with Gasteiger partial charge in [0.1, 0.15) is 16.8 Å². The van der Waals surface area contributed by atoms with E-state index in [1.54, 1.807) is 17.0 Å². The van der Waals surface area contributed by atoms with Gasteiger partial charge in [-0.15, -0.1) is 11.3 Å². The standard InChI is InChI=1S/C26H20ClFN4O2S/c1-14(2)13-32-24(22-6-4-19(12-30)35-22)23(21-10-17(28)3-5-20(21)26(32)34)25(33)31-18-8-15(11-29)7-16(27)9-18/h3-10,14,23-24H,13H2,1-2H3,(H,31,33)/t23-,24+/m1/s1. The number of amides is 2. The summed E-state index contributed by atoms with van der Waals surface area (Å²) in [6.45, 7) is 4.29. The SMILES string of the molecule is CC(C)CN1C(=O)c2ccc(F)cc2[C@@H](C(=O)Nc2cc(Cl)cc(C#N)c2)[C@@H]1c1ccc(C#N)s1. The van der Waals surface area contributed by atoms with Crippen LogP contribution in [0.25, 0.3) is 0 Å². The molecular weight excluding hydrogens is 487 g/mol. The highest BCUT2D eigenvalue weighted by Crippen LogP contribution is 2.45. The Kier molecular flexibility index (Phi) is 6.88. The first-order valence-corrected chi connectivity index (χ1v) is 12.0. The molecule has 176 valence electrons. The van der Waals surface area contributed by atoms with Gasteiger partial charge in [-0.1, -0.05) is 25.4 Å². The van der Waals surface area contributed by atoms with Gasteiger partial charge < -0.3 is 10.2 Å². The zero-order chi connectivity index (χ0) is 25.3. The Morgan fingerprint density at radius 3 is 2.60 bits per heavy atom. The van der Waals surface area contributed by atoms with E-state index in [4.69, 9.17) is 11.6 Å². The molecular formula is C26H20ClFN4O2S. The number of nitriles is 2. The van der Waals surface area contributed by atoms with Gasteiger partial charge in [0, 0.05) is 27.7 Å². The number of anilines is 1. The fraction of sp³-hybridized carbons (Fsp3) is 0.231. The number of benzene rings is 2. The molecule has 0 spiro atoms. The number of hydrogen-bond donors (Lipinski definition) is 1. The van der Waals surface area contributed by atoms with Crippen molar-refractivity contribution in [1.82, 2.24) is 4.90 Å². The predicted octanol–water partition coefficient (Wildman–Crippen LogP) is 5.86. The second-order valence-corrected chi connectivity index (χ2v) is 10.2. The number of hydrogen-bond acceptors (Lipinski definition) is 5. The molecule has 35 heavy (non-hydrogen) atoms. The van der Waals surface area contributed by atoms with Crippen molar-refractivity contribution in [1.29, 1.82) is 10.5 Å². The lowest BCUT2D eigenvalue weighted by Crippen LogP contribution is -2.47. The van der Waals surface area contributed by atoms with Gasteiger partial charge in [0.2, 0.25) is 5.91 Å². The smallest absolute Gasteiger partial charge is 0.254 e. The van der Waals surface area contributed by atoms with Crippen LogP contribution in [0.5, 0.6) is 0 Å². The average molecular weight is 507 g/mol. The van der Waals surface area contributed by atoms with Crippen molar-refractivity contribution in [2.24, 2.45) is 5.92 Å². The molecule has 6 nitrogen and oxygen atoms in total. The highest BCUT2D eigenvalue weighted by atomic mass is 35.5. The number of nitrogens with one attached hydrogen (secondary N) is 1. The van der Waals surface area contributed by atoms with Crippen LogP contribution in [-0.2, 0) is 4.79 Å². The van der Waals surface area contributed by atoms with Gasteiger partial charge in [-0.3, -0.25) is 9.59 Å². The molecule has 2 amide bonds. The summed E-state index contributed by atoms with van der Waals surface area (Å²) in [4.78, 5) is 30.0. The van der Waals surface area contributed by atoms with Crippen LogP contribution >= 0.6 is 22.9 Å². The average Bonchev–Trinajstić information content (AvgIpc) is 3.28. The number of nitrogens with zero attached hydrogens (tertiary/aromatic N) is 3. The number of carbonyl (C=O) groups excluding carboxylic acids is 2. The van der Waals surface area contributed by atoms with Gasteiger partial charge in [-0.05, 0) is 60.0 Å². The van der Waals surface area contributed by atoms with E-state index in [-0.39, 0.29) is 33.5 Å². The minimum Gasteiger partial charge on any atom is -0.329 e. The van der Waals surface area contributed by atoms with Crippen molar-refractivity contribution in [3.8, 4) is 12.1 Å². The number of halogens is 2. The van der Waals surface area contributed by atoms with Crippen molar-refractivity contribution in [2.75, 3.05) is 11.9 Å². The van der Waals surface area contributed by atoms with Crippen molar-refractivity contribution in [2.45, 2.75) is 25.8 Å². The van der Waals surface area contributed by atoms with E-state index in [9.17, 15) is 24.5 Å². The Morgan fingerprint density at radius 1 is 1.17 bits per heavy atom. The fourth-order valence-electron chi connectivity index (χ4n) is 4.33. The Morgan fingerprint density at radius 2 is 1.94 bits per heavy atom. The molecule has 0 saturated carbocycles. The summed E-state index contributed by atoms with van der Waals surface area (Å²) in [7, 11) is 0. The molecule has 4 rings (SSSR count). The minimum atomic E-state index is -0.966. The van der Waals surface area contributed by atoms with E-state index >= 15 is 0 Å². The molecule has 0 radical (unpaired) electrons. The Balaban J connectivity index is 1.88. The summed E-state index contributed by atoms with van der Waals surface area (Å²) in [5.74, 6) is -2.23. The number of rotatable bonds is 5. The summed E-state index contributed by atoms with van der Waals surface area (Å²) in [6.07, 6.45) is 0. The molecule has 0 aliphatic carbocycles. The first kappa shape index (κ1) is 24.4. The molecule has 0 bridgehead atoms. The maximum Gasteiger partial charge on any atom is 0.254 e. The van der Waals surface area contributed by atoms with Gasteiger partial charge in [0.05, 0.1) is 23.6 Å². The largest absolute Gasteiger partial charge is 0.329 e. The summed E-state index contributed by atoms with van der Waals surface area (Å²) in [6, 6.07) is 15.0. The Hall–Kier alpha value is -3.72. The molecule has 0 saturated heterocycles. The normalized spacial score (nSPS) is 17.0. The quantitative estimate of drug-likeness (QED) is 0.468. The van der Waals surface area contributed by atoms with Crippen molar-refractivity contribution in [3.63, 3.8) is 0 Å². The first-order chi connectivity index (χ1) is 16.7. The highest BCUT2D eigenvalue weighted by molar-refractivity contribution is 7.12. The van der Waals surface area contributed by atoms with Gasteiger partial charge in [-0.2, -0.15) is 10.5 Å². The summed E-state index contributed by atoms with van der Waals surface area (Å²) in [5, 5.41) is 21.7. The van der Waals surface area contributed by atoms with E-state index < -0.39 is 23.7 Å². The van der Waals surface area contributed by atoms with Crippen LogP contribution in [0, 0.1) is 34.4 Å². The third kappa shape index (κ3) is 4.90. The lowest BCUT2D eigenvalue weighted by molar-refractivity contribution is -0.119. The minimum absolute atomic E-state index is 0.0914. The molecule has 1 aliphatic rings. The van der Waals surface area contributed by atoms with Gasteiger partial charge in [-0.25, -0.2) is 4.39 Å². The first-order valence-electron chi connectivity index (χ1n) is 10.8. The van der Waals surface area contributed by atoms with Crippen LogP contribution in [0.15, 0.2) is 48.5 Å². The van der Waals surface area contributed by atoms with Crippen molar-refractivity contribution in [3.05, 3.63) is 85.8 Å². The molecule has 1 N–H and O–H groups in total. The monoisotopic (exact) mass is 506 g/mol. The molecule has 0 fully saturated rings. The summed E-state index contributed by atoms with van der Waals surface area (Å²) >= 11 is 7.30. The number of fused-ring (bicyclic) bond motifs is 1. The van der Waals surface area contributed by atoms with Crippen molar-refractivity contribution < 1.29 is 14.0 Å². The van der Waals surface area contributed by atoms with Gasteiger partial charge in [0.25, 0.3) is 5.91 Å². The van der Waals surface area contributed by atoms with Crippen LogP contribution in [0.4, 0.5) is 10.1 Å². The maximum absolute atomic E-state index is 14.4. The van der Waals surface area contributed by atoms with E-state index in [2.05, 4.69) is 11.4 Å². The molecule has 2 atom stereocenters. The molecule has 1 aliphatic heterocycles. The van der Waals surface area contributed by atoms with Crippen LogP contribution in [0.3, 0.4) is 0 Å². The van der Waals surface area contributed by atoms with Crippen LogP contribution in [0.1, 0.15) is 57.0 Å². The third-order valence-electron chi connectivity index (χ3n) is 5.66. The Labute approximate surface area is 211 Å². The molecule has 2 heterocycles. The lowest BCUT2D eigenvalue weighted by atomic mass is 9.81. The van der Waals surface area contributed by atoms with E-state index in [1.165, 1.54) is 47.7 Å². The zero-order valence-corrected chi connectivity index (χ0v) is 20.5. The molecule has 0 unspecified atom stereocenters. The van der Waals surface area contributed by atoms with E-state index in [1.807, 2.05) is 19.9 Å². The maximum atomic E-state index is 14.4. The molecule has 3 aromatic rings. The van der Waals surface area contributed by atoms with E-state index in [0.717, 1.165) is 0 Å². The topological polar surface area (TPSA) is 97.0 Å². The number of thiophene rings is 1. The van der Waals surface area contributed by atoms with Gasteiger partial charge >= 0.3 is 0 Å². The Bertz CT molecular complexity index is 1410. The van der Waals surface area contributed by atoms with E-state index in [0.29, 0.717) is 22.0 Å². The van der Waals surface area contributed by atoms with Crippen LogP contribution in [-0.4, -0.2) is 23.3 Å². The summed E-state index contributed by atoms with van der Waals surface area (Å²) in [5.41, 5.74) is 1.11. The molecule has 9 heteroatoms. The summed E-state index contributed by atoms with van der Waals surface area (Å²) < 4.78 is 14.4. The zero-order valence-electron chi connectivity index (χ0n) is 18.9. The molecule has 2 aromatic carbocycles. The fourth-order valence-corrected chi connectivity index (χ4v) is 5.52. The van der Waals surface area contributed by atoms with Crippen LogP contribution < -0.4 is 5.32 Å². The highest BCUT2D eigenvalue weighted by Gasteiger charge is 2.45. The molecule has 1 aromatic heterocycles. The van der Waals surface area contributed by atoms with Crippen molar-refractivity contribution >= 4 is 40.4 Å². The third-order valence-corrected chi connectivity index (χ3v) is 6.94. The second-order valence-electron chi connectivity index (χ2n) is 8.65. The lowest BCUT2D eigenvalue weighted by Gasteiger charge is -2.42.